The number of nitrogens with one attached hydrogen (secondary N) is 2. The zero-order valence-electron chi connectivity index (χ0n) is 16.2. The summed E-state index contributed by atoms with van der Waals surface area (Å²) < 4.78 is 0. The SMILES string of the molecule is C=C/C=C(\C=C(\CCC)C(C)C(C)Nc1ccc(C)cc1)N1CNC1. The summed E-state index contributed by atoms with van der Waals surface area (Å²) in [5, 5.41) is 6.97. The van der Waals surface area contributed by atoms with Gasteiger partial charge in [-0.1, -0.05) is 56.2 Å². The Morgan fingerprint density at radius 1 is 1.28 bits per heavy atom. The van der Waals surface area contributed by atoms with Gasteiger partial charge in [0.05, 0.1) is 13.3 Å². The van der Waals surface area contributed by atoms with Crippen molar-refractivity contribution < 1.29 is 0 Å². The van der Waals surface area contributed by atoms with Gasteiger partial charge in [0.1, 0.15) is 0 Å². The van der Waals surface area contributed by atoms with E-state index in [1.54, 1.807) is 0 Å². The maximum absolute atomic E-state index is 3.87. The van der Waals surface area contributed by atoms with Crippen molar-refractivity contribution in [2.24, 2.45) is 5.92 Å². The minimum atomic E-state index is 0.375. The van der Waals surface area contributed by atoms with E-state index in [1.807, 2.05) is 6.08 Å². The van der Waals surface area contributed by atoms with Gasteiger partial charge in [0.2, 0.25) is 0 Å². The zero-order valence-corrected chi connectivity index (χ0v) is 16.2. The molecule has 0 radical (unpaired) electrons. The maximum Gasteiger partial charge on any atom is 0.0708 e. The first-order chi connectivity index (χ1) is 12.0. The van der Waals surface area contributed by atoms with Crippen LogP contribution in [0, 0.1) is 12.8 Å². The number of anilines is 1. The first-order valence-electron chi connectivity index (χ1n) is 9.37. The first kappa shape index (κ1) is 19.3. The molecule has 0 aliphatic carbocycles. The molecule has 1 fully saturated rings. The van der Waals surface area contributed by atoms with E-state index in [2.05, 4.69) is 86.2 Å². The van der Waals surface area contributed by atoms with Crippen LogP contribution < -0.4 is 10.6 Å². The molecule has 1 aliphatic rings. The largest absolute Gasteiger partial charge is 0.382 e. The minimum absolute atomic E-state index is 0.375. The van der Waals surface area contributed by atoms with Gasteiger partial charge >= 0.3 is 0 Å². The molecule has 2 rings (SSSR count). The number of rotatable bonds is 9. The van der Waals surface area contributed by atoms with Crippen molar-refractivity contribution in [2.45, 2.75) is 46.6 Å². The Kier molecular flexibility index (Phi) is 7.32. The normalized spacial score (nSPS) is 17.7. The van der Waals surface area contributed by atoms with Gasteiger partial charge in [0.25, 0.3) is 0 Å². The van der Waals surface area contributed by atoms with Crippen LogP contribution >= 0.6 is 0 Å². The second-order valence-corrected chi connectivity index (χ2v) is 6.99. The summed E-state index contributed by atoms with van der Waals surface area (Å²) in [4.78, 5) is 2.34. The van der Waals surface area contributed by atoms with Crippen molar-refractivity contribution in [1.29, 1.82) is 0 Å². The van der Waals surface area contributed by atoms with Crippen molar-refractivity contribution >= 4 is 5.69 Å². The summed E-state index contributed by atoms with van der Waals surface area (Å²) in [6.07, 6.45) is 8.64. The Morgan fingerprint density at radius 3 is 2.48 bits per heavy atom. The molecule has 3 heteroatoms. The summed E-state index contributed by atoms with van der Waals surface area (Å²) in [6.45, 7) is 14.7. The molecular weight excluding hydrogens is 306 g/mol. The molecule has 0 spiro atoms. The van der Waals surface area contributed by atoms with Crippen LogP contribution in [0.15, 0.2) is 60.3 Å². The Morgan fingerprint density at radius 2 is 1.96 bits per heavy atom. The molecule has 3 nitrogen and oxygen atoms in total. The van der Waals surface area contributed by atoms with Crippen LogP contribution in [0.25, 0.3) is 0 Å². The molecule has 2 unspecified atom stereocenters. The predicted octanol–water partition coefficient (Wildman–Crippen LogP) is 5.05. The Labute approximate surface area is 153 Å². The third-order valence-corrected chi connectivity index (χ3v) is 4.91. The second kappa shape index (κ2) is 9.47. The van der Waals surface area contributed by atoms with Crippen LogP contribution in [0.1, 0.15) is 39.2 Å². The Balaban J connectivity index is 2.13. The van der Waals surface area contributed by atoms with Gasteiger partial charge < -0.3 is 10.2 Å². The minimum Gasteiger partial charge on any atom is -0.382 e. The number of aryl methyl sites for hydroxylation is 1. The molecule has 1 heterocycles. The van der Waals surface area contributed by atoms with Crippen LogP contribution in [0.4, 0.5) is 5.69 Å². The first-order valence-corrected chi connectivity index (χ1v) is 9.37. The molecule has 0 bridgehead atoms. The van der Waals surface area contributed by atoms with Crippen LogP contribution in [-0.2, 0) is 0 Å². The van der Waals surface area contributed by atoms with Gasteiger partial charge in [0.15, 0.2) is 0 Å². The Hall–Kier alpha value is -2.00. The third-order valence-electron chi connectivity index (χ3n) is 4.91. The average Bonchev–Trinajstić information content (AvgIpc) is 2.54. The molecule has 1 aromatic rings. The maximum atomic E-state index is 3.87. The van der Waals surface area contributed by atoms with Crippen molar-refractivity contribution in [3.05, 3.63) is 65.9 Å². The predicted molar refractivity (Wildman–Crippen MR) is 109 cm³/mol. The average molecular weight is 340 g/mol. The molecule has 136 valence electrons. The molecule has 2 atom stereocenters. The van der Waals surface area contributed by atoms with Gasteiger partial charge in [-0.2, -0.15) is 0 Å². The fourth-order valence-corrected chi connectivity index (χ4v) is 3.04. The standard InChI is InChI=1S/C22H33N3/c1-6-8-20(14-22(9-7-2)25-15-23-16-25)18(4)19(5)24-21-12-10-17(3)11-13-21/h7,9-14,18-19,23-24H,2,6,8,15-16H2,1,3-5H3/b20-14-,22-9+. The highest BCUT2D eigenvalue weighted by Crippen LogP contribution is 2.25. The highest BCUT2D eigenvalue weighted by Gasteiger charge is 2.19. The topological polar surface area (TPSA) is 27.3 Å². The monoisotopic (exact) mass is 339 g/mol. The summed E-state index contributed by atoms with van der Waals surface area (Å²) in [7, 11) is 0. The molecule has 0 aromatic heterocycles. The van der Waals surface area contributed by atoms with E-state index < -0.39 is 0 Å². The number of hydrogen-bond acceptors (Lipinski definition) is 3. The molecule has 1 saturated heterocycles. The van der Waals surface area contributed by atoms with E-state index in [4.69, 9.17) is 0 Å². The van der Waals surface area contributed by atoms with Crippen LogP contribution in [0.5, 0.6) is 0 Å². The fraction of sp³-hybridized carbons (Fsp3) is 0.455. The molecule has 0 saturated carbocycles. The van der Waals surface area contributed by atoms with Gasteiger partial charge in [-0.05, 0) is 50.5 Å². The smallest absolute Gasteiger partial charge is 0.0708 e. The Bertz CT molecular complexity index is 609. The molecule has 2 N–H and O–H groups in total. The number of benzene rings is 1. The fourth-order valence-electron chi connectivity index (χ4n) is 3.04. The quantitative estimate of drug-likeness (QED) is 0.617. The van der Waals surface area contributed by atoms with Crippen LogP contribution in [-0.4, -0.2) is 24.3 Å². The van der Waals surface area contributed by atoms with E-state index in [-0.39, 0.29) is 0 Å². The highest BCUT2D eigenvalue weighted by atomic mass is 15.4. The molecular formula is C22H33N3. The van der Waals surface area contributed by atoms with E-state index >= 15 is 0 Å². The number of allylic oxidation sites excluding steroid dienone is 3. The van der Waals surface area contributed by atoms with Gasteiger partial charge in [0, 0.05) is 17.4 Å². The van der Waals surface area contributed by atoms with Crippen molar-refractivity contribution in [1.82, 2.24) is 10.2 Å². The van der Waals surface area contributed by atoms with Gasteiger partial charge in [-0.25, -0.2) is 0 Å². The summed E-state index contributed by atoms with van der Waals surface area (Å²) in [6, 6.07) is 9.02. The lowest BCUT2D eigenvalue weighted by Gasteiger charge is -2.36. The van der Waals surface area contributed by atoms with Gasteiger partial charge in [-0.15, -0.1) is 0 Å². The number of nitrogens with zero attached hydrogens (tertiary/aromatic N) is 1. The van der Waals surface area contributed by atoms with E-state index in [1.165, 1.54) is 22.5 Å². The van der Waals surface area contributed by atoms with Crippen molar-refractivity contribution in [2.75, 3.05) is 18.7 Å². The van der Waals surface area contributed by atoms with Crippen molar-refractivity contribution in [3.8, 4) is 0 Å². The molecule has 0 amide bonds. The van der Waals surface area contributed by atoms with Gasteiger partial charge in [-0.3, -0.25) is 5.32 Å². The number of hydrogen-bond donors (Lipinski definition) is 2. The van der Waals surface area contributed by atoms with E-state index in [0.717, 1.165) is 26.2 Å². The lowest BCUT2D eigenvalue weighted by atomic mass is 9.89. The summed E-state index contributed by atoms with van der Waals surface area (Å²) >= 11 is 0. The summed E-state index contributed by atoms with van der Waals surface area (Å²) in [5.41, 5.74) is 5.23. The van der Waals surface area contributed by atoms with Crippen LogP contribution in [0.3, 0.4) is 0 Å². The second-order valence-electron chi connectivity index (χ2n) is 6.99. The van der Waals surface area contributed by atoms with E-state index in [9.17, 15) is 0 Å². The van der Waals surface area contributed by atoms with E-state index in [0.29, 0.717) is 12.0 Å². The zero-order chi connectivity index (χ0) is 18.2. The van der Waals surface area contributed by atoms with Crippen molar-refractivity contribution in [3.63, 3.8) is 0 Å². The molecule has 1 aliphatic heterocycles. The highest BCUT2D eigenvalue weighted by molar-refractivity contribution is 5.45. The lowest BCUT2D eigenvalue weighted by Crippen LogP contribution is -2.50. The molecule has 25 heavy (non-hydrogen) atoms. The third kappa shape index (κ3) is 5.50. The van der Waals surface area contributed by atoms with Crippen LogP contribution in [0.2, 0.25) is 0 Å². The lowest BCUT2D eigenvalue weighted by molar-refractivity contribution is 0.195. The molecule has 1 aromatic carbocycles. The summed E-state index contributed by atoms with van der Waals surface area (Å²) in [5.74, 6) is 0.462.